The first-order valence-electron chi connectivity index (χ1n) is 9.22. The van der Waals surface area contributed by atoms with Crippen molar-refractivity contribution in [2.24, 2.45) is 5.92 Å². The number of H-pyrrole nitrogens is 1. The number of aromatic nitrogens is 1. The molecule has 3 rings (SSSR count). The number of hydrogen-bond acceptors (Lipinski definition) is 2. The fraction of sp³-hybridized carbons (Fsp3) is 0.600. The number of ether oxygens (including phenoxy) is 1. The highest BCUT2D eigenvalue weighted by atomic mass is 16.5. The summed E-state index contributed by atoms with van der Waals surface area (Å²) in [6, 6.07) is 8.61. The molecule has 0 amide bonds. The topological polar surface area (TPSA) is 28.3 Å². The van der Waals surface area contributed by atoms with E-state index in [0.717, 1.165) is 25.6 Å². The van der Waals surface area contributed by atoms with Crippen LogP contribution in [0.4, 0.5) is 0 Å². The average molecular weight is 314 g/mol. The number of hydrogen-bond donors (Lipinski definition) is 1. The number of piperidine rings is 1. The Morgan fingerprint density at radius 3 is 2.87 bits per heavy atom. The molecule has 1 aliphatic heterocycles. The number of nitrogens with zero attached hydrogens (tertiary/aromatic N) is 1. The van der Waals surface area contributed by atoms with Crippen molar-refractivity contribution in [1.29, 1.82) is 0 Å². The van der Waals surface area contributed by atoms with Gasteiger partial charge in [0.2, 0.25) is 0 Å². The number of likely N-dealkylation sites (tertiary alicyclic amines) is 1. The van der Waals surface area contributed by atoms with Crippen molar-refractivity contribution in [3.8, 4) is 0 Å². The number of rotatable bonds is 8. The third-order valence-corrected chi connectivity index (χ3v) is 5.00. The second-order valence-corrected chi connectivity index (χ2v) is 6.82. The van der Waals surface area contributed by atoms with Crippen LogP contribution < -0.4 is 0 Å². The van der Waals surface area contributed by atoms with E-state index in [4.69, 9.17) is 4.74 Å². The molecule has 2 heterocycles. The molecule has 3 heteroatoms. The van der Waals surface area contributed by atoms with Crippen molar-refractivity contribution in [3.05, 3.63) is 36.0 Å². The van der Waals surface area contributed by atoms with Crippen LogP contribution in [-0.4, -0.2) is 42.7 Å². The maximum atomic E-state index is 5.71. The van der Waals surface area contributed by atoms with Crippen LogP contribution in [0, 0.1) is 5.92 Å². The van der Waals surface area contributed by atoms with E-state index in [2.05, 4.69) is 47.3 Å². The minimum Gasteiger partial charge on any atom is -0.381 e. The van der Waals surface area contributed by atoms with Crippen molar-refractivity contribution in [3.63, 3.8) is 0 Å². The summed E-state index contributed by atoms with van der Waals surface area (Å²) in [5.74, 6) is 0.784. The van der Waals surface area contributed by atoms with Gasteiger partial charge in [0.05, 0.1) is 0 Å². The van der Waals surface area contributed by atoms with Crippen molar-refractivity contribution >= 4 is 10.9 Å². The van der Waals surface area contributed by atoms with Gasteiger partial charge in [-0.25, -0.2) is 0 Å². The summed E-state index contributed by atoms with van der Waals surface area (Å²) in [5.41, 5.74) is 2.72. The van der Waals surface area contributed by atoms with Gasteiger partial charge in [-0.05, 0) is 69.3 Å². The molecule has 0 aliphatic carbocycles. The van der Waals surface area contributed by atoms with Gasteiger partial charge >= 0.3 is 0 Å². The molecular formula is C20H30N2O. The molecule has 0 spiro atoms. The van der Waals surface area contributed by atoms with Gasteiger partial charge in [-0.15, -0.1) is 0 Å². The van der Waals surface area contributed by atoms with E-state index in [0.29, 0.717) is 0 Å². The number of para-hydroxylation sites is 1. The number of nitrogens with one attached hydrogen (secondary N) is 1. The summed E-state index contributed by atoms with van der Waals surface area (Å²) in [4.78, 5) is 6.01. The molecule has 1 fully saturated rings. The molecule has 1 aromatic heterocycles. The molecule has 2 aromatic rings. The van der Waals surface area contributed by atoms with E-state index >= 15 is 0 Å². The number of aryl methyl sites for hydroxylation is 1. The highest BCUT2D eigenvalue weighted by molar-refractivity contribution is 5.82. The van der Waals surface area contributed by atoms with Gasteiger partial charge in [0.1, 0.15) is 0 Å². The first-order chi connectivity index (χ1) is 11.4. The van der Waals surface area contributed by atoms with Gasteiger partial charge in [-0.2, -0.15) is 0 Å². The van der Waals surface area contributed by atoms with Gasteiger partial charge in [0.25, 0.3) is 0 Å². The first kappa shape index (κ1) is 16.5. The average Bonchev–Trinajstić information content (AvgIpc) is 3.00. The summed E-state index contributed by atoms with van der Waals surface area (Å²) >= 11 is 0. The molecule has 1 aromatic carbocycles. The zero-order chi connectivity index (χ0) is 15.9. The highest BCUT2D eigenvalue weighted by Crippen LogP contribution is 2.21. The summed E-state index contributed by atoms with van der Waals surface area (Å²) in [7, 11) is 0. The minimum absolute atomic E-state index is 0.784. The number of benzene rings is 1. The summed E-state index contributed by atoms with van der Waals surface area (Å²) in [5, 5.41) is 1.39. The monoisotopic (exact) mass is 314 g/mol. The predicted octanol–water partition coefficient (Wildman–Crippen LogP) is 4.24. The second kappa shape index (κ2) is 8.51. The Hall–Kier alpha value is -1.32. The standard InChI is InChI=1S/C20H30N2O/c1-2-14-23-16-17-9-12-22(13-10-17)11-5-6-18-15-21-20-8-4-3-7-19(18)20/h3-4,7-8,15,17,21H,2,5-6,9-14,16H2,1H3. The van der Waals surface area contributed by atoms with E-state index in [1.807, 2.05) is 0 Å². The Kier molecular flexibility index (Phi) is 6.12. The van der Waals surface area contributed by atoms with E-state index in [1.54, 1.807) is 0 Å². The minimum atomic E-state index is 0.784. The van der Waals surface area contributed by atoms with Crippen molar-refractivity contribution < 1.29 is 4.74 Å². The van der Waals surface area contributed by atoms with Gasteiger partial charge in [0, 0.05) is 30.3 Å². The second-order valence-electron chi connectivity index (χ2n) is 6.82. The molecule has 0 bridgehead atoms. The van der Waals surface area contributed by atoms with Gasteiger partial charge in [-0.3, -0.25) is 0 Å². The SMILES string of the molecule is CCCOCC1CCN(CCCc2c[nH]c3ccccc23)CC1. The molecule has 0 atom stereocenters. The van der Waals surface area contributed by atoms with Crippen molar-refractivity contribution in [1.82, 2.24) is 9.88 Å². The summed E-state index contributed by atoms with van der Waals surface area (Å²) in [6.07, 6.45) is 8.34. The zero-order valence-corrected chi connectivity index (χ0v) is 14.4. The van der Waals surface area contributed by atoms with Gasteiger partial charge in [0.15, 0.2) is 0 Å². The van der Waals surface area contributed by atoms with Crippen molar-refractivity contribution in [2.45, 2.75) is 39.0 Å². The highest BCUT2D eigenvalue weighted by Gasteiger charge is 2.18. The first-order valence-corrected chi connectivity index (χ1v) is 9.22. The van der Waals surface area contributed by atoms with Crippen LogP contribution >= 0.6 is 0 Å². The Morgan fingerprint density at radius 1 is 1.22 bits per heavy atom. The van der Waals surface area contributed by atoms with Crippen LogP contribution in [0.3, 0.4) is 0 Å². The third kappa shape index (κ3) is 4.58. The summed E-state index contributed by atoms with van der Waals surface area (Å²) < 4.78 is 5.71. The Balaban J connectivity index is 1.37. The van der Waals surface area contributed by atoms with Gasteiger partial charge < -0.3 is 14.6 Å². The lowest BCUT2D eigenvalue weighted by atomic mass is 9.97. The molecular weight excluding hydrogens is 284 g/mol. The molecule has 1 saturated heterocycles. The molecule has 0 radical (unpaired) electrons. The van der Waals surface area contributed by atoms with Crippen LogP contribution in [0.5, 0.6) is 0 Å². The summed E-state index contributed by atoms with van der Waals surface area (Å²) in [6.45, 7) is 7.78. The van der Waals surface area contributed by atoms with Gasteiger partial charge in [-0.1, -0.05) is 25.1 Å². The lowest BCUT2D eigenvalue weighted by Crippen LogP contribution is -2.35. The van der Waals surface area contributed by atoms with Crippen LogP contribution in [0.25, 0.3) is 10.9 Å². The lowest BCUT2D eigenvalue weighted by molar-refractivity contribution is 0.0671. The third-order valence-electron chi connectivity index (χ3n) is 5.00. The maximum absolute atomic E-state index is 5.71. The van der Waals surface area contributed by atoms with E-state index in [-0.39, 0.29) is 0 Å². The van der Waals surface area contributed by atoms with E-state index < -0.39 is 0 Å². The molecule has 1 aliphatic rings. The molecule has 3 nitrogen and oxygen atoms in total. The van der Waals surface area contributed by atoms with Crippen LogP contribution in [-0.2, 0) is 11.2 Å². The van der Waals surface area contributed by atoms with E-state index in [1.165, 1.54) is 61.8 Å². The smallest absolute Gasteiger partial charge is 0.0495 e. The van der Waals surface area contributed by atoms with E-state index in [9.17, 15) is 0 Å². The molecule has 0 saturated carbocycles. The quantitative estimate of drug-likeness (QED) is 0.738. The van der Waals surface area contributed by atoms with Crippen LogP contribution in [0.2, 0.25) is 0 Å². The zero-order valence-electron chi connectivity index (χ0n) is 14.4. The Labute approximate surface area is 140 Å². The normalized spacial score (nSPS) is 17.1. The largest absolute Gasteiger partial charge is 0.381 e. The molecule has 0 unspecified atom stereocenters. The lowest BCUT2D eigenvalue weighted by Gasteiger charge is -2.31. The fourth-order valence-corrected chi connectivity index (χ4v) is 3.60. The fourth-order valence-electron chi connectivity index (χ4n) is 3.60. The van der Waals surface area contributed by atoms with Crippen molar-refractivity contribution in [2.75, 3.05) is 32.8 Å². The number of fused-ring (bicyclic) bond motifs is 1. The molecule has 1 N–H and O–H groups in total. The van der Waals surface area contributed by atoms with Crippen LogP contribution in [0.1, 0.15) is 38.2 Å². The Bertz CT molecular complexity index is 584. The van der Waals surface area contributed by atoms with Crippen LogP contribution in [0.15, 0.2) is 30.5 Å². The number of aromatic amines is 1. The molecule has 126 valence electrons. The Morgan fingerprint density at radius 2 is 2.04 bits per heavy atom. The maximum Gasteiger partial charge on any atom is 0.0495 e. The molecule has 23 heavy (non-hydrogen) atoms. The predicted molar refractivity (Wildman–Crippen MR) is 96.9 cm³/mol.